The summed E-state index contributed by atoms with van der Waals surface area (Å²) >= 11 is 6.31. The van der Waals surface area contributed by atoms with Gasteiger partial charge in [0.05, 0.1) is 30.7 Å². The number of benzene rings is 3. The van der Waals surface area contributed by atoms with Gasteiger partial charge in [-0.1, -0.05) is 29.8 Å². The number of fused-ring (bicyclic) bond motifs is 2. The molecule has 1 amide bonds. The third-order valence-electron chi connectivity index (χ3n) is 6.32. The molecule has 0 spiro atoms. The first-order chi connectivity index (χ1) is 17.3. The van der Waals surface area contributed by atoms with Crippen LogP contribution in [0, 0.1) is 12.7 Å². The lowest BCUT2D eigenvalue weighted by Crippen LogP contribution is -2.29. The molecule has 0 N–H and O–H groups in total. The Hall–Kier alpha value is -3.84. The maximum Gasteiger partial charge on any atom is 0.291 e. The first-order valence-corrected chi connectivity index (χ1v) is 11.8. The summed E-state index contributed by atoms with van der Waals surface area (Å²) in [5, 5.41) is 0.727. The largest absolute Gasteiger partial charge is 0.493 e. The second-order valence-electron chi connectivity index (χ2n) is 8.58. The van der Waals surface area contributed by atoms with Crippen molar-refractivity contribution in [3.8, 4) is 11.5 Å². The van der Waals surface area contributed by atoms with Crippen LogP contribution in [0.2, 0.25) is 5.02 Å². The number of ether oxygens (including phenoxy) is 2. The molecular formula is C28H23ClFNO5. The predicted octanol–water partition coefficient (Wildman–Crippen LogP) is 6.05. The number of aryl methyl sites for hydroxylation is 1. The first-order valence-electron chi connectivity index (χ1n) is 11.4. The van der Waals surface area contributed by atoms with Crippen molar-refractivity contribution in [2.75, 3.05) is 13.7 Å². The van der Waals surface area contributed by atoms with E-state index in [0.29, 0.717) is 45.2 Å². The number of amides is 1. The van der Waals surface area contributed by atoms with Crippen molar-refractivity contribution in [2.24, 2.45) is 0 Å². The molecule has 3 aromatic carbocycles. The molecule has 8 heteroatoms. The minimum atomic E-state index is -0.761. The van der Waals surface area contributed by atoms with Crippen LogP contribution >= 0.6 is 11.6 Å². The summed E-state index contributed by atoms with van der Waals surface area (Å²) in [4.78, 5) is 29.0. The van der Waals surface area contributed by atoms with Crippen LogP contribution in [-0.2, 0) is 6.54 Å². The van der Waals surface area contributed by atoms with E-state index >= 15 is 0 Å². The first kappa shape index (κ1) is 23.9. The summed E-state index contributed by atoms with van der Waals surface area (Å²) in [5.74, 6) is 0.193. The van der Waals surface area contributed by atoms with Gasteiger partial charge >= 0.3 is 0 Å². The van der Waals surface area contributed by atoms with Gasteiger partial charge in [0.1, 0.15) is 11.4 Å². The van der Waals surface area contributed by atoms with Crippen LogP contribution in [0.4, 0.5) is 4.39 Å². The molecule has 0 bridgehead atoms. The molecular weight excluding hydrogens is 485 g/mol. The Morgan fingerprint density at radius 3 is 2.50 bits per heavy atom. The predicted molar refractivity (Wildman–Crippen MR) is 135 cm³/mol. The highest BCUT2D eigenvalue weighted by Crippen LogP contribution is 2.42. The summed E-state index contributed by atoms with van der Waals surface area (Å²) in [6, 6.07) is 13.6. The Bertz CT molecular complexity index is 1550. The number of methoxy groups -OCH3 is 1. The van der Waals surface area contributed by atoms with E-state index in [9.17, 15) is 14.0 Å². The number of carbonyl (C=O) groups is 1. The smallest absolute Gasteiger partial charge is 0.291 e. The van der Waals surface area contributed by atoms with Crippen LogP contribution in [0.15, 0.2) is 63.8 Å². The van der Waals surface area contributed by atoms with Crippen molar-refractivity contribution in [2.45, 2.75) is 26.4 Å². The third-order valence-corrected chi connectivity index (χ3v) is 6.72. The Morgan fingerprint density at radius 1 is 1.06 bits per heavy atom. The Labute approximate surface area is 211 Å². The van der Waals surface area contributed by atoms with Crippen molar-refractivity contribution in [3.05, 3.63) is 104 Å². The van der Waals surface area contributed by atoms with Crippen LogP contribution in [0.1, 0.15) is 45.8 Å². The zero-order valence-corrected chi connectivity index (χ0v) is 20.7. The molecule has 1 atom stereocenters. The Balaban J connectivity index is 1.72. The SMILES string of the molecule is CCOc1ccc(C2c3c(oc4cc(C)c(Cl)cc4c3=O)C(=O)N2Cc2ccc(F)cc2)cc1OC. The van der Waals surface area contributed by atoms with Gasteiger partial charge in [-0.05, 0) is 66.9 Å². The molecule has 0 aliphatic carbocycles. The van der Waals surface area contributed by atoms with Gasteiger partial charge in [0.25, 0.3) is 5.91 Å². The minimum Gasteiger partial charge on any atom is -0.493 e. The van der Waals surface area contributed by atoms with Crippen molar-refractivity contribution in [1.29, 1.82) is 0 Å². The van der Waals surface area contributed by atoms with Crippen molar-refractivity contribution in [3.63, 3.8) is 0 Å². The Morgan fingerprint density at radius 2 is 1.81 bits per heavy atom. The van der Waals surface area contributed by atoms with Crippen LogP contribution in [0.3, 0.4) is 0 Å². The number of nitrogens with zero attached hydrogens (tertiary/aromatic N) is 1. The molecule has 1 unspecified atom stereocenters. The summed E-state index contributed by atoms with van der Waals surface area (Å²) in [5.41, 5.74) is 2.27. The van der Waals surface area contributed by atoms with Gasteiger partial charge < -0.3 is 18.8 Å². The molecule has 0 saturated carbocycles. The van der Waals surface area contributed by atoms with E-state index in [4.69, 9.17) is 25.5 Å². The van der Waals surface area contributed by atoms with E-state index in [1.165, 1.54) is 19.2 Å². The molecule has 5 rings (SSSR count). The molecule has 6 nitrogen and oxygen atoms in total. The van der Waals surface area contributed by atoms with E-state index in [1.807, 2.05) is 6.92 Å². The lowest BCUT2D eigenvalue weighted by molar-refractivity contribution is 0.0714. The van der Waals surface area contributed by atoms with Gasteiger partial charge in [0.15, 0.2) is 16.9 Å². The van der Waals surface area contributed by atoms with Gasteiger partial charge in [-0.15, -0.1) is 0 Å². The molecule has 1 aliphatic heterocycles. The molecule has 1 aromatic heterocycles. The average Bonchev–Trinajstić information content (AvgIpc) is 3.14. The van der Waals surface area contributed by atoms with Gasteiger partial charge in [-0.3, -0.25) is 9.59 Å². The third kappa shape index (κ3) is 3.99. The second-order valence-corrected chi connectivity index (χ2v) is 8.98. The Kier molecular flexibility index (Phi) is 6.18. The summed E-state index contributed by atoms with van der Waals surface area (Å²) in [6.45, 7) is 4.26. The van der Waals surface area contributed by atoms with Crippen molar-refractivity contribution < 1.29 is 23.1 Å². The summed E-state index contributed by atoms with van der Waals surface area (Å²) < 4.78 is 30.7. The second kappa shape index (κ2) is 9.32. The van der Waals surface area contributed by atoms with E-state index in [1.54, 1.807) is 54.3 Å². The molecule has 2 heterocycles. The fourth-order valence-electron chi connectivity index (χ4n) is 4.57. The number of carbonyl (C=O) groups excluding carboxylic acids is 1. The molecule has 0 saturated heterocycles. The highest BCUT2D eigenvalue weighted by molar-refractivity contribution is 6.32. The van der Waals surface area contributed by atoms with Crippen LogP contribution in [0.25, 0.3) is 11.0 Å². The summed E-state index contributed by atoms with van der Waals surface area (Å²) in [7, 11) is 1.53. The van der Waals surface area contributed by atoms with Crippen molar-refractivity contribution >= 4 is 28.5 Å². The molecule has 0 radical (unpaired) electrons. The normalized spacial score (nSPS) is 14.9. The lowest BCUT2D eigenvalue weighted by Gasteiger charge is -2.26. The van der Waals surface area contributed by atoms with Crippen molar-refractivity contribution in [1.82, 2.24) is 4.90 Å². The maximum atomic E-state index is 13.8. The number of rotatable bonds is 6. The molecule has 1 aliphatic rings. The standard InChI is InChI=1S/C28H23ClFNO5/c1-4-35-21-10-7-17(12-23(21)34-3)25-24-26(32)19-13-20(29)15(2)11-22(19)36-27(24)28(33)31(25)14-16-5-8-18(30)9-6-16/h5-13,25H,4,14H2,1-3H3. The fraction of sp³-hybridized carbons (Fsp3) is 0.214. The molecule has 36 heavy (non-hydrogen) atoms. The quantitative estimate of drug-likeness (QED) is 0.318. The van der Waals surface area contributed by atoms with E-state index in [-0.39, 0.29) is 29.1 Å². The monoisotopic (exact) mass is 507 g/mol. The van der Waals surface area contributed by atoms with Crippen LogP contribution < -0.4 is 14.9 Å². The number of hydrogen-bond donors (Lipinski definition) is 0. The van der Waals surface area contributed by atoms with Gasteiger partial charge in [0, 0.05) is 11.6 Å². The lowest BCUT2D eigenvalue weighted by atomic mass is 9.97. The summed E-state index contributed by atoms with van der Waals surface area (Å²) in [6.07, 6.45) is 0. The van der Waals surface area contributed by atoms with Gasteiger partial charge in [-0.25, -0.2) is 4.39 Å². The number of hydrogen-bond acceptors (Lipinski definition) is 5. The van der Waals surface area contributed by atoms with Crippen LogP contribution in [-0.4, -0.2) is 24.5 Å². The van der Waals surface area contributed by atoms with Gasteiger partial charge in [-0.2, -0.15) is 0 Å². The van der Waals surface area contributed by atoms with E-state index < -0.39 is 11.9 Å². The highest BCUT2D eigenvalue weighted by Gasteiger charge is 2.43. The zero-order chi connectivity index (χ0) is 25.6. The van der Waals surface area contributed by atoms with Gasteiger partial charge in [0.2, 0.25) is 5.76 Å². The number of halogens is 2. The molecule has 4 aromatic rings. The highest BCUT2D eigenvalue weighted by atomic mass is 35.5. The molecule has 0 fully saturated rings. The minimum absolute atomic E-state index is 0.0193. The zero-order valence-electron chi connectivity index (χ0n) is 19.9. The van der Waals surface area contributed by atoms with E-state index in [2.05, 4.69) is 0 Å². The fourth-order valence-corrected chi connectivity index (χ4v) is 4.73. The molecule has 184 valence electrons. The van der Waals surface area contributed by atoms with Crippen LogP contribution in [0.5, 0.6) is 11.5 Å². The topological polar surface area (TPSA) is 69.0 Å². The maximum absolute atomic E-state index is 13.8. The van der Waals surface area contributed by atoms with E-state index in [0.717, 1.165) is 5.56 Å². The average molecular weight is 508 g/mol.